The van der Waals surface area contributed by atoms with Crippen molar-refractivity contribution < 1.29 is 4.79 Å². The summed E-state index contributed by atoms with van der Waals surface area (Å²) in [5.74, 6) is 0.793. The molecule has 2 heterocycles. The summed E-state index contributed by atoms with van der Waals surface area (Å²) in [6.07, 6.45) is 1.77. The molecule has 0 saturated heterocycles. The van der Waals surface area contributed by atoms with E-state index in [-0.39, 0.29) is 11.0 Å². The highest BCUT2D eigenvalue weighted by atomic mass is 35.5. The van der Waals surface area contributed by atoms with Gasteiger partial charge in [0.05, 0.1) is 10.9 Å². The van der Waals surface area contributed by atoms with Gasteiger partial charge in [-0.2, -0.15) is 0 Å². The van der Waals surface area contributed by atoms with E-state index < -0.39 is 5.24 Å². The Bertz CT molecular complexity index is 777. The minimum atomic E-state index is -0.535. The number of carbonyl (C=O) groups is 1. The molecule has 4 nitrogen and oxygen atoms in total. The van der Waals surface area contributed by atoms with E-state index >= 15 is 0 Å². The Labute approximate surface area is 121 Å². The van der Waals surface area contributed by atoms with Crippen LogP contribution in [0.15, 0.2) is 23.0 Å². The molecule has 0 atom stereocenters. The van der Waals surface area contributed by atoms with Crippen molar-refractivity contribution >= 4 is 27.7 Å². The lowest BCUT2D eigenvalue weighted by molar-refractivity contribution is 0.108. The second kappa shape index (κ2) is 4.42. The Morgan fingerprint density at radius 2 is 2.15 bits per heavy atom. The highest BCUT2D eigenvalue weighted by Crippen LogP contribution is 2.29. The molecule has 0 aliphatic carbocycles. The van der Waals surface area contributed by atoms with Crippen molar-refractivity contribution in [3.8, 4) is 0 Å². The molecule has 3 rings (SSSR count). The molecular weight excluding hydrogens is 276 g/mol. The van der Waals surface area contributed by atoms with Crippen LogP contribution in [0.4, 0.5) is 0 Å². The number of halogens is 1. The average Bonchev–Trinajstić information content (AvgIpc) is 2.39. The Kier molecular flexibility index (Phi) is 2.94. The van der Waals surface area contributed by atoms with Gasteiger partial charge in [0, 0.05) is 18.5 Å². The molecule has 0 bridgehead atoms. The van der Waals surface area contributed by atoms with Crippen LogP contribution in [0, 0.1) is 5.41 Å². The predicted molar refractivity (Wildman–Crippen MR) is 78.3 cm³/mol. The monoisotopic (exact) mass is 290 g/mol. The molecular formula is C15H15ClN2O2. The second-order valence-electron chi connectivity index (χ2n) is 6.09. The van der Waals surface area contributed by atoms with Gasteiger partial charge >= 0.3 is 0 Å². The largest absolute Gasteiger partial charge is 0.296 e. The van der Waals surface area contributed by atoms with Crippen molar-refractivity contribution in [2.45, 2.75) is 33.2 Å². The molecule has 0 unspecified atom stereocenters. The summed E-state index contributed by atoms with van der Waals surface area (Å²) in [7, 11) is 0. The summed E-state index contributed by atoms with van der Waals surface area (Å²) in [5, 5.41) is 0.000715. The summed E-state index contributed by atoms with van der Waals surface area (Å²) >= 11 is 5.47. The summed E-state index contributed by atoms with van der Waals surface area (Å²) in [6, 6.07) is 4.80. The van der Waals surface area contributed by atoms with Crippen LogP contribution in [0.25, 0.3) is 10.9 Å². The first-order valence-electron chi connectivity index (χ1n) is 6.61. The number of carbonyl (C=O) groups excluding carboxylic acids is 1. The van der Waals surface area contributed by atoms with E-state index in [0.717, 1.165) is 18.7 Å². The van der Waals surface area contributed by atoms with E-state index in [9.17, 15) is 9.59 Å². The molecule has 0 N–H and O–H groups in total. The lowest BCUT2D eigenvalue weighted by Gasteiger charge is -2.31. The van der Waals surface area contributed by atoms with Gasteiger partial charge in [0.1, 0.15) is 5.82 Å². The fourth-order valence-electron chi connectivity index (χ4n) is 2.70. The third-order valence-corrected chi connectivity index (χ3v) is 4.09. The van der Waals surface area contributed by atoms with Gasteiger partial charge in [-0.15, -0.1) is 0 Å². The fraction of sp³-hybridized carbons (Fsp3) is 0.400. The van der Waals surface area contributed by atoms with E-state index in [1.54, 1.807) is 22.8 Å². The van der Waals surface area contributed by atoms with Gasteiger partial charge in [-0.25, -0.2) is 4.98 Å². The SMILES string of the molecule is CC1(C)CCc2nc3cc(C(=O)Cl)ccc3c(=O)n2C1. The van der Waals surface area contributed by atoms with Crippen molar-refractivity contribution in [1.29, 1.82) is 0 Å². The Hall–Kier alpha value is -1.68. The number of aryl methyl sites for hydroxylation is 1. The van der Waals surface area contributed by atoms with Crippen molar-refractivity contribution in [3.05, 3.63) is 39.9 Å². The van der Waals surface area contributed by atoms with E-state index in [1.165, 1.54) is 0 Å². The maximum Gasteiger partial charge on any atom is 0.261 e. The Morgan fingerprint density at radius 1 is 1.40 bits per heavy atom. The van der Waals surface area contributed by atoms with Gasteiger partial charge in [0.15, 0.2) is 0 Å². The van der Waals surface area contributed by atoms with Gasteiger partial charge in [0.2, 0.25) is 0 Å². The molecule has 2 aromatic rings. The minimum absolute atomic E-state index is 0.0358. The first kappa shape index (κ1) is 13.3. The van der Waals surface area contributed by atoms with Crippen LogP contribution in [0.1, 0.15) is 36.5 Å². The number of rotatable bonds is 1. The van der Waals surface area contributed by atoms with Crippen molar-refractivity contribution in [2.75, 3.05) is 0 Å². The molecule has 5 heteroatoms. The van der Waals surface area contributed by atoms with E-state index in [2.05, 4.69) is 18.8 Å². The van der Waals surface area contributed by atoms with Crippen LogP contribution >= 0.6 is 11.6 Å². The van der Waals surface area contributed by atoms with E-state index in [1.807, 2.05) is 0 Å². The van der Waals surface area contributed by atoms with E-state index in [4.69, 9.17) is 11.6 Å². The molecule has 1 aliphatic rings. The summed E-state index contributed by atoms with van der Waals surface area (Å²) in [5.41, 5.74) is 0.990. The third kappa shape index (κ3) is 2.14. The second-order valence-corrected chi connectivity index (χ2v) is 6.43. The van der Waals surface area contributed by atoms with Crippen molar-refractivity contribution in [3.63, 3.8) is 0 Å². The quantitative estimate of drug-likeness (QED) is 0.759. The number of nitrogens with zero attached hydrogens (tertiary/aromatic N) is 2. The number of hydrogen-bond donors (Lipinski definition) is 0. The normalized spacial score (nSPS) is 16.9. The van der Waals surface area contributed by atoms with Crippen LogP contribution in [-0.4, -0.2) is 14.8 Å². The zero-order chi connectivity index (χ0) is 14.5. The zero-order valence-corrected chi connectivity index (χ0v) is 12.2. The molecule has 104 valence electrons. The highest BCUT2D eigenvalue weighted by Gasteiger charge is 2.27. The molecule has 0 spiro atoms. The molecule has 0 fully saturated rings. The lowest BCUT2D eigenvalue weighted by Crippen LogP contribution is -2.36. The molecule has 20 heavy (non-hydrogen) atoms. The van der Waals surface area contributed by atoms with Crippen molar-refractivity contribution in [2.24, 2.45) is 5.41 Å². The summed E-state index contributed by atoms with van der Waals surface area (Å²) < 4.78 is 1.76. The van der Waals surface area contributed by atoms with Gasteiger partial charge in [-0.05, 0) is 41.6 Å². The topological polar surface area (TPSA) is 52.0 Å². The fourth-order valence-corrected chi connectivity index (χ4v) is 2.82. The molecule has 0 radical (unpaired) electrons. The smallest absolute Gasteiger partial charge is 0.261 e. The maximum atomic E-state index is 12.5. The van der Waals surface area contributed by atoms with Crippen LogP contribution in [0.3, 0.4) is 0 Å². The Morgan fingerprint density at radius 3 is 2.85 bits per heavy atom. The van der Waals surface area contributed by atoms with Gasteiger partial charge in [-0.1, -0.05) is 13.8 Å². The third-order valence-electron chi connectivity index (χ3n) is 3.87. The van der Waals surface area contributed by atoms with Crippen molar-refractivity contribution in [1.82, 2.24) is 9.55 Å². The number of benzene rings is 1. The Balaban J connectivity index is 2.25. The van der Waals surface area contributed by atoms with Crippen LogP contribution in [0.2, 0.25) is 0 Å². The van der Waals surface area contributed by atoms with Gasteiger partial charge in [0.25, 0.3) is 10.8 Å². The van der Waals surface area contributed by atoms with Crippen LogP contribution < -0.4 is 5.56 Å². The van der Waals surface area contributed by atoms with Crippen LogP contribution in [0.5, 0.6) is 0 Å². The first-order chi connectivity index (χ1) is 9.37. The molecule has 1 aromatic heterocycles. The summed E-state index contributed by atoms with van der Waals surface area (Å²) in [4.78, 5) is 28.3. The van der Waals surface area contributed by atoms with Crippen LogP contribution in [-0.2, 0) is 13.0 Å². The number of fused-ring (bicyclic) bond motifs is 2. The van der Waals surface area contributed by atoms with E-state index in [0.29, 0.717) is 23.0 Å². The lowest BCUT2D eigenvalue weighted by atomic mass is 9.85. The summed E-state index contributed by atoms with van der Waals surface area (Å²) in [6.45, 7) is 4.99. The van der Waals surface area contributed by atoms with Gasteiger partial charge < -0.3 is 0 Å². The first-order valence-corrected chi connectivity index (χ1v) is 6.98. The zero-order valence-electron chi connectivity index (χ0n) is 11.4. The molecule has 0 saturated carbocycles. The highest BCUT2D eigenvalue weighted by molar-refractivity contribution is 6.67. The maximum absolute atomic E-state index is 12.5. The standard InChI is InChI=1S/C15H15ClN2O2/c1-15(2)6-5-12-17-11-7-9(13(16)19)3-4-10(11)14(20)18(12)8-15/h3-4,7H,5-6,8H2,1-2H3. The average molecular weight is 291 g/mol. The molecule has 1 aliphatic heterocycles. The minimum Gasteiger partial charge on any atom is -0.296 e. The van der Waals surface area contributed by atoms with Gasteiger partial charge in [-0.3, -0.25) is 14.2 Å². The predicted octanol–water partition coefficient (Wildman–Crippen LogP) is 2.75. The molecule has 1 aromatic carbocycles. The molecule has 0 amide bonds. The number of hydrogen-bond acceptors (Lipinski definition) is 3. The number of aromatic nitrogens is 2.